The van der Waals surface area contributed by atoms with E-state index in [1.807, 2.05) is 6.07 Å². The molecule has 0 bridgehead atoms. The molecule has 0 aliphatic heterocycles. The van der Waals surface area contributed by atoms with Gasteiger partial charge in [-0.1, -0.05) is 47.5 Å². The van der Waals surface area contributed by atoms with Crippen LogP contribution >= 0.6 is 35.4 Å². The Kier molecular flexibility index (Phi) is 4.95. The molecule has 0 spiro atoms. The molecule has 1 amide bonds. The summed E-state index contributed by atoms with van der Waals surface area (Å²) in [7, 11) is 0. The van der Waals surface area contributed by atoms with Crippen molar-refractivity contribution in [1.29, 1.82) is 0 Å². The molecule has 20 heavy (non-hydrogen) atoms. The van der Waals surface area contributed by atoms with Gasteiger partial charge in [-0.25, -0.2) is 0 Å². The standard InChI is InChI=1S/C14H10Cl2N2OS/c15-10-6-2-1-5-9(10)13(19)18-14(20)17-12-8-4-3-7-11(12)16/h1-8H,(H2,17,18,19,20). The fourth-order valence-corrected chi connectivity index (χ4v) is 2.14. The van der Waals surface area contributed by atoms with E-state index < -0.39 is 0 Å². The Morgan fingerprint density at radius 3 is 2.20 bits per heavy atom. The van der Waals surface area contributed by atoms with E-state index in [1.54, 1.807) is 42.5 Å². The molecule has 0 heterocycles. The number of nitrogens with one attached hydrogen (secondary N) is 2. The lowest BCUT2D eigenvalue weighted by atomic mass is 10.2. The number of benzene rings is 2. The number of rotatable bonds is 2. The molecule has 2 aromatic rings. The molecule has 2 N–H and O–H groups in total. The molecular weight excluding hydrogens is 315 g/mol. The molecule has 0 unspecified atom stereocenters. The van der Waals surface area contributed by atoms with Crippen molar-refractivity contribution in [3.63, 3.8) is 0 Å². The predicted octanol–water partition coefficient (Wildman–Crippen LogP) is 4.12. The molecule has 2 rings (SSSR count). The van der Waals surface area contributed by atoms with E-state index in [0.29, 0.717) is 21.3 Å². The largest absolute Gasteiger partial charge is 0.331 e. The summed E-state index contributed by atoms with van der Waals surface area (Å²) in [5, 5.41) is 6.44. The zero-order valence-corrected chi connectivity index (χ0v) is 12.5. The van der Waals surface area contributed by atoms with Crippen molar-refractivity contribution < 1.29 is 4.79 Å². The number of para-hydroxylation sites is 1. The van der Waals surface area contributed by atoms with Crippen LogP contribution in [0.2, 0.25) is 10.0 Å². The summed E-state index contributed by atoms with van der Waals surface area (Å²) in [5.74, 6) is -0.375. The van der Waals surface area contributed by atoms with E-state index >= 15 is 0 Å². The second-order valence-electron chi connectivity index (χ2n) is 3.87. The van der Waals surface area contributed by atoms with E-state index in [9.17, 15) is 4.79 Å². The number of hydrogen-bond acceptors (Lipinski definition) is 2. The molecule has 0 atom stereocenters. The van der Waals surface area contributed by atoms with E-state index in [-0.39, 0.29) is 11.0 Å². The van der Waals surface area contributed by atoms with Crippen LogP contribution in [0.5, 0.6) is 0 Å². The summed E-state index contributed by atoms with van der Waals surface area (Å²) in [4.78, 5) is 12.0. The highest BCUT2D eigenvalue weighted by atomic mass is 35.5. The number of amides is 1. The van der Waals surface area contributed by atoms with Crippen LogP contribution in [0.3, 0.4) is 0 Å². The quantitative estimate of drug-likeness (QED) is 0.816. The lowest BCUT2D eigenvalue weighted by Crippen LogP contribution is -2.34. The summed E-state index contributed by atoms with van der Waals surface area (Å²) in [6.45, 7) is 0. The van der Waals surface area contributed by atoms with Gasteiger partial charge in [-0.2, -0.15) is 0 Å². The molecule has 102 valence electrons. The third-order valence-electron chi connectivity index (χ3n) is 2.47. The predicted molar refractivity (Wildman–Crippen MR) is 86.6 cm³/mol. The molecule has 2 aromatic carbocycles. The molecule has 0 fully saturated rings. The number of hydrogen-bond donors (Lipinski definition) is 2. The van der Waals surface area contributed by atoms with Crippen LogP contribution < -0.4 is 10.6 Å². The number of halogens is 2. The lowest BCUT2D eigenvalue weighted by molar-refractivity contribution is 0.0978. The van der Waals surface area contributed by atoms with E-state index in [2.05, 4.69) is 10.6 Å². The van der Waals surface area contributed by atoms with Crippen LogP contribution in [0.1, 0.15) is 10.4 Å². The van der Waals surface area contributed by atoms with Gasteiger partial charge >= 0.3 is 0 Å². The molecule has 3 nitrogen and oxygen atoms in total. The Balaban J connectivity index is 2.04. The van der Waals surface area contributed by atoms with Crippen LogP contribution in [0.25, 0.3) is 0 Å². The van der Waals surface area contributed by atoms with Gasteiger partial charge in [0.2, 0.25) is 0 Å². The van der Waals surface area contributed by atoms with Gasteiger partial charge in [0.1, 0.15) is 0 Å². The van der Waals surface area contributed by atoms with Gasteiger partial charge in [-0.15, -0.1) is 0 Å². The maximum Gasteiger partial charge on any atom is 0.258 e. The Morgan fingerprint density at radius 1 is 0.950 bits per heavy atom. The first-order chi connectivity index (χ1) is 9.58. The SMILES string of the molecule is O=C(NC(=S)Nc1ccccc1Cl)c1ccccc1Cl. The first-order valence-corrected chi connectivity index (χ1v) is 6.86. The average molecular weight is 325 g/mol. The van der Waals surface area contributed by atoms with Crippen molar-refractivity contribution in [3.05, 3.63) is 64.1 Å². The summed E-state index contributed by atoms with van der Waals surface area (Å²) >= 11 is 17.0. The third-order valence-corrected chi connectivity index (χ3v) is 3.33. The molecule has 0 saturated heterocycles. The summed E-state index contributed by atoms with van der Waals surface area (Å²) in [5.41, 5.74) is 0.983. The van der Waals surface area contributed by atoms with Crippen molar-refractivity contribution in [2.75, 3.05) is 5.32 Å². The maximum atomic E-state index is 12.0. The van der Waals surface area contributed by atoms with Crippen molar-refractivity contribution >= 4 is 52.1 Å². The van der Waals surface area contributed by atoms with Crippen molar-refractivity contribution in [1.82, 2.24) is 5.32 Å². The second kappa shape index (κ2) is 6.70. The monoisotopic (exact) mass is 324 g/mol. The van der Waals surface area contributed by atoms with Gasteiger partial charge < -0.3 is 5.32 Å². The van der Waals surface area contributed by atoms with Crippen molar-refractivity contribution in [3.8, 4) is 0 Å². The van der Waals surface area contributed by atoms with Gasteiger partial charge in [0.15, 0.2) is 5.11 Å². The minimum atomic E-state index is -0.375. The Bertz CT molecular complexity index is 661. The first-order valence-electron chi connectivity index (χ1n) is 5.69. The minimum absolute atomic E-state index is 0.156. The number of carbonyl (C=O) groups is 1. The normalized spacial score (nSPS) is 9.90. The van der Waals surface area contributed by atoms with Gasteiger partial charge in [0, 0.05) is 0 Å². The fourth-order valence-electron chi connectivity index (χ4n) is 1.53. The highest BCUT2D eigenvalue weighted by molar-refractivity contribution is 7.80. The Morgan fingerprint density at radius 2 is 1.55 bits per heavy atom. The Labute approximate surface area is 131 Å². The minimum Gasteiger partial charge on any atom is -0.331 e. The molecule has 0 aliphatic rings. The topological polar surface area (TPSA) is 41.1 Å². The molecular formula is C14H10Cl2N2OS. The van der Waals surface area contributed by atoms with Crippen molar-refractivity contribution in [2.24, 2.45) is 0 Å². The first kappa shape index (κ1) is 14.8. The Hall–Kier alpha value is -1.62. The highest BCUT2D eigenvalue weighted by Gasteiger charge is 2.11. The molecule has 0 aliphatic carbocycles. The van der Waals surface area contributed by atoms with E-state index in [0.717, 1.165) is 0 Å². The number of carbonyl (C=O) groups excluding carboxylic acids is 1. The highest BCUT2D eigenvalue weighted by Crippen LogP contribution is 2.20. The van der Waals surface area contributed by atoms with E-state index in [1.165, 1.54) is 0 Å². The van der Waals surface area contributed by atoms with Gasteiger partial charge in [0.05, 0.1) is 21.3 Å². The van der Waals surface area contributed by atoms with Crippen LogP contribution in [0.4, 0.5) is 5.69 Å². The average Bonchev–Trinajstić information content (AvgIpc) is 2.41. The smallest absolute Gasteiger partial charge is 0.258 e. The molecule has 0 aromatic heterocycles. The zero-order chi connectivity index (χ0) is 14.5. The van der Waals surface area contributed by atoms with Gasteiger partial charge in [0.25, 0.3) is 5.91 Å². The van der Waals surface area contributed by atoms with Crippen LogP contribution in [0, 0.1) is 0 Å². The van der Waals surface area contributed by atoms with Gasteiger partial charge in [-0.3, -0.25) is 10.1 Å². The number of anilines is 1. The zero-order valence-electron chi connectivity index (χ0n) is 10.2. The third kappa shape index (κ3) is 3.70. The fraction of sp³-hybridized carbons (Fsp3) is 0. The lowest BCUT2D eigenvalue weighted by Gasteiger charge is -2.11. The number of thiocarbonyl (C=S) groups is 1. The van der Waals surface area contributed by atoms with Crippen LogP contribution in [-0.2, 0) is 0 Å². The second-order valence-corrected chi connectivity index (χ2v) is 5.09. The van der Waals surface area contributed by atoms with Crippen LogP contribution in [-0.4, -0.2) is 11.0 Å². The summed E-state index contributed by atoms with van der Waals surface area (Å²) in [6.07, 6.45) is 0. The maximum absolute atomic E-state index is 12.0. The van der Waals surface area contributed by atoms with Gasteiger partial charge in [-0.05, 0) is 36.5 Å². The summed E-state index contributed by atoms with van der Waals surface area (Å²) < 4.78 is 0. The molecule has 0 saturated carbocycles. The molecule has 6 heteroatoms. The summed E-state index contributed by atoms with van der Waals surface area (Å²) in [6, 6.07) is 13.8. The molecule has 0 radical (unpaired) electrons. The van der Waals surface area contributed by atoms with Crippen LogP contribution in [0.15, 0.2) is 48.5 Å². The van der Waals surface area contributed by atoms with E-state index in [4.69, 9.17) is 35.4 Å². The van der Waals surface area contributed by atoms with Crippen molar-refractivity contribution in [2.45, 2.75) is 0 Å².